The zero-order valence-corrected chi connectivity index (χ0v) is 62.0. The highest BCUT2D eigenvalue weighted by molar-refractivity contribution is 7.21. The lowest BCUT2D eigenvalue weighted by molar-refractivity contribution is 0.415. The van der Waals surface area contributed by atoms with Gasteiger partial charge in [-0.25, -0.2) is 9.97 Å². The van der Waals surface area contributed by atoms with E-state index >= 15 is 0 Å². The molecule has 2 aromatic heterocycles. The molecular weight excluding hydrogens is 1270 g/mol. The Kier molecular flexibility index (Phi) is 13.4. The van der Waals surface area contributed by atoms with Crippen molar-refractivity contribution >= 4 is 54.9 Å². The number of rotatable bonds is 6. The van der Waals surface area contributed by atoms with Crippen molar-refractivity contribution in [1.29, 1.82) is 0 Å². The quantitative estimate of drug-likeness (QED) is 0.156. The van der Waals surface area contributed by atoms with Gasteiger partial charge in [0.25, 0.3) is 0 Å². The summed E-state index contributed by atoms with van der Waals surface area (Å²) in [5.41, 5.74) is 34.7. The summed E-state index contributed by atoms with van der Waals surface area (Å²) >= 11 is 1.87. The van der Waals surface area contributed by atoms with Crippen LogP contribution in [-0.4, -0.2) is 24.2 Å². The van der Waals surface area contributed by atoms with E-state index in [1.54, 1.807) is 14.2 Å². The molecule has 2 spiro atoms. The van der Waals surface area contributed by atoms with Crippen molar-refractivity contribution in [3.8, 4) is 99.1 Å². The Labute approximate surface area is 608 Å². The first kappa shape index (κ1) is 63.2. The van der Waals surface area contributed by atoms with Crippen LogP contribution in [0.3, 0.4) is 0 Å². The van der Waals surface area contributed by atoms with E-state index in [0.29, 0.717) is 0 Å². The molecule has 0 bridgehead atoms. The summed E-state index contributed by atoms with van der Waals surface area (Å²) in [4.78, 5) is 14.9. The third-order valence-electron chi connectivity index (χ3n) is 23.6. The second-order valence-electron chi connectivity index (χ2n) is 33.4. The van der Waals surface area contributed by atoms with Gasteiger partial charge in [0.15, 0.2) is 0 Å². The maximum atomic E-state index is 6.33. The Balaban J connectivity index is 0.957. The molecule has 502 valence electrons. The van der Waals surface area contributed by atoms with Gasteiger partial charge in [-0.05, 0) is 202 Å². The lowest BCUT2D eigenvalue weighted by Crippen LogP contribution is -2.27. The lowest BCUT2D eigenvalue weighted by Gasteiger charge is -2.33. The van der Waals surface area contributed by atoms with Gasteiger partial charge in [-0.1, -0.05) is 289 Å². The third kappa shape index (κ3) is 8.94. The van der Waals surface area contributed by atoms with Gasteiger partial charge in [-0.3, -0.25) is 0 Å². The number of hydrogen-bond acceptors (Lipinski definition) is 5. The van der Waals surface area contributed by atoms with Crippen molar-refractivity contribution in [3.63, 3.8) is 0 Å². The molecule has 2 heterocycles. The van der Waals surface area contributed by atoms with Gasteiger partial charge in [0.05, 0.1) is 45.8 Å². The largest absolute Gasteiger partial charge is 0.497 e. The molecule has 0 aliphatic heterocycles. The molecule has 0 N–H and O–H groups in total. The normalized spacial score (nSPS) is 14.3. The Morgan fingerprint density at radius 2 is 0.573 bits per heavy atom. The Morgan fingerprint density at radius 1 is 0.262 bits per heavy atom. The molecule has 0 saturated heterocycles. The van der Waals surface area contributed by atoms with Gasteiger partial charge in [-0.15, -0.1) is 11.3 Å². The maximum Gasteiger partial charge on any atom is 0.118 e. The van der Waals surface area contributed by atoms with E-state index in [4.69, 9.17) is 19.4 Å². The van der Waals surface area contributed by atoms with E-state index in [9.17, 15) is 0 Å². The van der Waals surface area contributed by atoms with Gasteiger partial charge < -0.3 is 9.47 Å². The van der Waals surface area contributed by atoms with Gasteiger partial charge in [-0.2, -0.15) is 0 Å². The summed E-state index contributed by atoms with van der Waals surface area (Å²) in [5.74, 6) is 1.64. The van der Waals surface area contributed by atoms with Gasteiger partial charge in [0.1, 0.15) is 22.5 Å². The second kappa shape index (κ2) is 21.9. The molecule has 13 aromatic carbocycles. The number of fused-ring (bicyclic) bond motifs is 27. The van der Waals surface area contributed by atoms with Crippen molar-refractivity contribution in [2.45, 2.75) is 116 Å². The monoisotopic (exact) mass is 1350 g/mol. The summed E-state index contributed by atoms with van der Waals surface area (Å²) in [5, 5.41) is 4.34. The summed E-state index contributed by atoms with van der Waals surface area (Å²) in [6, 6.07) is 93.2. The van der Waals surface area contributed by atoms with Crippen LogP contribution in [0.15, 0.2) is 243 Å². The van der Waals surface area contributed by atoms with Crippen molar-refractivity contribution in [2.75, 3.05) is 14.2 Å². The van der Waals surface area contributed by atoms with E-state index in [-0.39, 0.29) is 21.7 Å². The molecule has 0 atom stereocenters. The Hall–Kier alpha value is -10.7. The highest BCUT2D eigenvalue weighted by Gasteiger charge is 2.55. The number of nitrogens with zero attached hydrogens (tertiary/aromatic N) is 2. The van der Waals surface area contributed by atoms with Gasteiger partial charge in [0, 0.05) is 21.9 Å². The molecule has 0 fully saturated rings. The van der Waals surface area contributed by atoms with Crippen LogP contribution in [0.1, 0.15) is 150 Å². The van der Waals surface area contributed by atoms with Crippen LogP contribution in [0.25, 0.3) is 131 Å². The minimum Gasteiger partial charge on any atom is -0.497 e. The van der Waals surface area contributed by atoms with Crippen LogP contribution >= 0.6 is 11.3 Å². The van der Waals surface area contributed by atoms with Crippen LogP contribution in [0.5, 0.6) is 11.5 Å². The number of benzene rings is 13. The van der Waals surface area contributed by atoms with Crippen LogP contribution < -0.4 is 9.47 Å². The first-order chi connectivity index (χ1) is 49.5. The van der Waals surface area contributed by atoms with E-state index in [2.05, 4.69) is 326 Å². The number of ether oxygens (including phenoxy) is 2. The van der Waals surface area contributed by atoms with Crippen molar-refractivity contribution in [3.05, 3.63) is 309 Å². The molecule has 103 heavy (non-hydrogen) atoms. The van der Waals surface area contributed by atoms with E-state index in [1.807, 2.05) is 11.3 Å². The summed E-state index contributed by atoms with van der Waals surface area (Å²) in [7, 11) is 3.45. The zero-order valence-electron chi connectivity index (χ0n) is 61.2. The number of hydrogen-bond donors (Lipinski definition) is 0. The van der Waals surface area contributed by atoms with E-state index in [1.165, 1.54) is 111 Å². The third-order valence-corrected chi connectivity index (χ3v) is 24.8. The molecule has 0 radical (unpaired) electrons. The zero-order chi connectivity index (χ0) is 70.8. The molecule has 0 amide bonds. The summed E-state index contributed by atoms with van der Waals surface area (Å²) in [6.07, 6.45) is 0. The van der Waals surface area contributed by atoms with Crippen LogP contribution in [0, 0.1) is 0 Å². The molecule has 5 heteroatoms. The fourth-order valence-electron chi connectivity index (χ4n) is 18.3. The molecule has 4 aliphatic rings. The number of methoxy groups -OCH3 is 2. The molecule has 4 nitrogen and oxygen atoms in total. The summed E-state index contributed by atoms with van der Waals surface area (Å²) < 4.78 is 11.4. The first-order valence-electron chi connectivity index (χ1n) is 36.5. The smallest absolute Gasteiger partial charge is 0.118 e. The summed E-state index contributed by atoms with van der Waals surface area (Å²) in [6.45, 7) is 28.2. The highest BCUT2D eigenvalue weighted by atomic mass is 32.1. The van der Waals surface area contributed by atoms with E-state index in [0.717, 1.165) is 98.2 Å². The second-order valence-corrected chi connectivity index (χ2v) is 34.5. The predicted octanol–water partition coefficient (Wildman–Crippen LogP) is 25.7. The van der Waals surface area contributed by atoms with Gasteiger partial charge in [0.2, 0.25) is 0 Å². The minimum absolute atomic E-state index is 0.0900. The average molecular weight is 1350 g/mol. The van der Waals surface area contributed by atoms with Crippen molar-refractivity contribution in [1.82, 2.24) is 9.97 Å². The topological polar surface area (TPSA) is 44.2 Å². The SMILES string of the molecule is COc1ccc(-c2ccc3c4ccc(-c5ccc(OC)cc5)cc4c4nc5c(-c6cccc7c6-c6ccccc6C76c7cc(C(C)(C)C)ccc7-c7ccc(C(C)(C)C)cc76)sc(-c6cccc7c6-c6ccccc6C76c7cc(C(C)(C)C)ccc7-c7ccc(C(C)(C)C)cc76)c5nc4c3c2)cc1. The fraction of sp³-hybridized carbons (Fsp3) is 0.204. The molecule has 4 aliphatic carbocycles. The fourth-order valence-corrected chi connectivity index (χ4v) is 19.5. The highest BCUT2D eigenvalue weighted by Crippen LogP contribution is 2.68. The molecule has 15 aromatic rings. The van der Waals surface area contributed by atoms with Crippen LogP contribution in [-0.2, 0) is 32.5 Å². The lowest BCUT2D eigenvalue weighted by atomic mass is 9.68. The maximum absolute atomic E-state index is 6.33. The average Bonchev–Trinajstić information content (AvgIpc) is 1.51. The van der Waals surface area contributed by atoms with E-state index < -0.39 is 10.8 Å². The predicted molar refractivity (Wildman–Crippen MR) is 432 cm³/mol. The molecule has 19 rings (SSSR count). The minimum atomic E-state index is -0.621. The Bertz CT molecular complexity index is 5670. The van der Waals surface area contributed by atoms with Crippen molar-refractivity contribution < 1.29 is 9.47 Å². The first-order valence-corrected chi connectivity index (χ1v) is 37.3. The number of aromatic nitrogens is 2. The van der Waals surface area contributed by atoms with Gasteiger partial charge >= 0.3 is 0 Å². The molecule has 0 saturated carbocycles. The number of thiophene rings is 1. The molecule has 0 unspecified atom stereocenters. The Morgan fingerprint density at radius 3 is 0.903 bits per heavy atom. The van der Waals surface area contributed by atoms with Crippen LogP contribution in [0.4, 0.5) is 0 Å². The molecular formula is C98H82N2O2S. The van der Waals surface area contributed by atoms with Crippen molar-refractivity contribution in [2.24, 2.45) is 0 Å². The standard InChI is InChI=1S/C98H82N2O2S/c1-93(2,3)59-35-45-67-68-46-36-60(94(4,5)6)52-82(68)97(81(67)51-59)77-25-17-15-21-71(77)85-73(23-19-27-79(85)97)91-89-90(100-88-76-50-58(56-31-41-64(102-14)42-32-56)34-44-66(76)65-43-33-57(49-75(65)87(88)99-89)55-29-39-63(101-13)40-30-55)92(103-91)74-24-20-28-80-86(74)72-22-16-18-26-78(72)98(80)83-53-61(95(7,8)9)37-47-69(83)70-48-38-62(54-84(70)98)96(10,11)12/h15-54H,1-14H3. The van der Waals surface area contributed by atoms with Crippen LogP contribution in [0.2, 0.25) is 0 Å².